The quantitative estimate of drug-likeness (QED) is 0.597. The Hall–Kier alpha value is -0.610. The zero-order valence-corrected chi connectivity index (χ0v) is 8.29. The summed E-state index contributed by atoms with van der Waals surface area (Å²) in [4.78, 5) is 13.1. The number of hydrogen-bond donors (Lipinski definition) is 2. The van der Waals surface area contributed by atoms with E-state index in [-0.39, 0.29) is 5.91 Å². The second-order valence-corrected chi connectivity index (χ2v) is 3.35. The molecular formula is C8H19N3O. The lowest BCUT2D eigenvalue weighted by atomic mass is 10.3. The fourth-order valence-electron chi connectivity index (χ4n) is 0.592. The smallest absolute Gasteiger partial charge is 0.236 e. The third-order valence-electron chi connectivity index (χ3n) is 1.87. The summed E-state index contributed by atoms with van der Waals surface area (Å²) in [5.74, 6) is -0.0938. The van der Waals surface area contributed by atoms with Gasteiger partial charge < -0.3 is 16.0 Å². The van der Waals surface area contributed by atoms with Crippen molar-refractivity contribution in [2.24, 2.45) is 5.73 Å². The van der Waals surface area contributed by atoms with Crippen LogP contribution in [0.3, 0.4) is 0 Å². The van der Waals surface area contributed by atoms with Crippen molar-refractivity contribution >= 4 is 5.91 Å². The monoisotopic (exact) mass is 173 g/mol. The summed E-state index contributed by atoms with van der Waals surface area (Å²) in [6, 6.07) is -0.0768. The fraction of sp³-hybridized carbons (Fsp3) is 0.875. The van der Waals surface area contributed by atoms with E-state index >= 15 is 0 Å². The second kappa shape index (κ2) is 5.11. The standard InChI is InChI=1S/C8H19N3O/c1-6(11(3)4)5-10-8(12)7(2)9/h6-7H,5,9H2,1-4H3,(H,10,12)/t6?,7-/m0/s1. The van der Waals surface area contributed by atoms with Gasteiger partial charge in [0.25, 0.3) is 0 Å². The summed E-state index contributed by atoms with van der Waals surface area (Å²) in [5, 5.41) is 2.76. The van der Waals surface area contributed by atoms with Gasteiger partial charge in [0.2, 0.25) is 5.91 Å². The van der Waals surface area contributed by atoms with Crippen LogP contribution < -0.4 is 11.1 Å². The second-order valence-electron chi connectivity index (χ2n) is 3.35. The Labute approximate surface area is 74.1 Å². The van der Waals surface area contributed by atoms with E-state index in [4.69, 9.17) is 5.73 Å². The van der Waals surface area contributed by atoms with Crippen LogP contribution in [0.15, 0.2) is 0 Å². The molecule has 0 aliphatic heterocycles. The van der Waals surface area contributed by atoms with Crippen molar-refractivity contribution in [2.45, 2.75) is 25.9 Å². The Kier molecular flexibility index (Phi) is 4.85. The normalized spacial score (nSPS) is 15.8. The van der Waals surface area contributed by atoms with Gasteiger partial charge >= 0.3 is 0 Å². The van der Waals surface area contributed by atoms with Gasteiger partial charge in [-0.05, 0) is 27.9 Å². The van der Waals surface area contributed by atoms with Crippen LogP contribution in [-0.4, -0.2) is 43.5 Å². The van der Waals surface area contributed by atoms with E-state index in [1.165, 1.54) is 0 Å². The van der Waals surface area contributed by atoms with Crippen LogP contribution in [0.2, 0.25) is 0 Å². The van der Waals surface area contributed by atoms with Gasteiger partial charge in [0.05, 0.1) is 6.04 Å². The molecule has 0 saturated carbocycles. The molecule has 0 aliphatic rings. The molecule has 0 aromatic heterocycles. The summed E-state index contributed by atoms with van der Waals surface area (Å²) >= 11 is 0. The largest absolute Gasteiger partial charge is 0.353 e. The van der Waals surface area contributed by atoms with Crippen molar-refractivity contribution in [3.63, 3.8) is 0 Å². The molecule has 4 nitrogen and oxygen atoms in total. The maximum Gasteiger partial charge on any atom is 0.236 e. The van der Waals surface area contributed by atoms with Gasteiger partial charge in [-0.3, -0.25) is 4.79 Å². The third kappa shape index (κ3) is 4.31. The minimum Gasteiger partial charge on any atom is -0.353 e. The molecule has 0 heterocycles. The van der Waals surface area contributed by atoms with Gasteiger partial charge in [-0.25, -0.2) is 0 Å². The molecule has 12 heavy (non-hydrogen) atoms. The van der Waals surface area contributed by atoms with Crippen molar-refractivity contribution < 1.29 is 4.79 Å². The van der Waals surface area contributed by atoms with Crippen LogP contribution in [0.4, 0.5) is 0 Å². The van der Waals surface area contributed by atoms with Crippen LogP contribution >= 0.6 is 0 Å². The van der Waals surface area contributed by atoms with E-state index in [9.17, 15) is 4.79 Å². The van der Waals surface area contributed by atoms with Crippen molar-refractivity contribution in [1.29, 1.82) is 0 Å². The molecule has 1 amide bonds. The number of carbonyl (C=O) groups is 1. The number of rotatable bonds is 4. The van der Waals surface area contributed by atoms with E-state index in [1.54, 1.807) is 6.92 Å². The maximum absolute atomic E-state index is 11.0. The number of nitrogens with zero attached hydrogens (tertiary/aromatic N) is 1. The lowest BCUT2D eigenvalue weighted by molar-refractivity contribution is -0.122. The predicted molar refractivity (Wildman–Crippen MR) is 49.8 cm³/mol. The Bertz CT molecular complexity index is 145. The highest BCUT2D eigenvalue weighted by atomic mass is 16.2. The Morgan fingerprint density at radius 2 is 2.00 bits per heavy atom. The van der Waals surface area contributed by atoms with E-state index in [2.05, 4.69) is 5.32 Å². The first kappa shape index (κ1) is 11.4. The Morgan fingerprint density at radius 1 is 1.50 bits per heavy atom. The van der Waals surface area contributed by atoms with E-state index in [0.29, 0.717) is 12.6 Å². The minimum absolute atomic E-state index is 0.0938. The van der Waals surface area contributed by atoms with Gasteiger partial charge in [-0.1, -0.05) is 0 Å². The van der Waals surface area contributed by atoms with Crippen molar-refractivity contribution in [2.75, 3.05) is 20.6 Å². The van der Waals surface area contributed by atoms with E-state index in [0.717, 1.165) is 0 Å². The van der Waals surface area contributed by atoms with Crippen LogP contribution in [0, 0.1) is 0 Å². The average molecular weight is 173 g/mol. The molecule has 3 N–H and O–H groups in total. The van der Waals surface area contributed by atoms with Gasteiger partial charge in [-0.2, -0.15) is 0 Å². The average Bonchev–Trinajstić information content (AvgIpc) is 1.98. The summed E-state index contributed by atoms with van der Waals surface area (Å²) in [6.07, 6.45) is 0. The summed E-state index contributed by atoms with van der Waals surface area (Å²) in [6.45, 7) is 4.37. The van der Waals surface area contributed by atoms with E-state index < -0.39 is 6.04 Å². The lowest BCUT2D eigenvalue weighted by Gasteiger charge is -2.20. The first-order valence-corrected chi connectivity index (χ1v) is 4.15. The van der Waals surface area contributed by atoms with Gasteiger partial charge in [0, 0.05) is 12.6 Å². The first-order chi connectivity index (χ1) is 5.45. The molecule has 0 bridgehead atoms. The molecule has 0 radical (unpaired) electrons. The number of amides is 1. The van der Waals surface area contributed by atoms with Crippen molar-refractivity contribution in [3.8, 4) is 0 Å². The number of likely N-dealkylation sites (N-methyl/N-ethyl adjacent to an activating group) is 1. The van der Waals surface area contributed by atoms with Gasteiger partial charge in [-0.15, -0.1) is 0 Å². The van der Waals surface area contributed by atoms with Gasteiger partial charge in [0.15, 0.2) is 0 Å². The van der Waals surface area contributed by atoms with Crippen LogP contribution in [0.1, 0.15) is 13.8 Å². The topological polar surface area (TPSA) is 58.4 Å². The first-order valence-electron chi connectivity index (χ1n) is 4.15. The highest BCUT2D eigenvalue weighted by Crippen LogP contribution is 1.88. The molecule has 1 unspecified atom stereocenters. The Balaban J connectivity index is 3.61. The van der Waals surface area contributed by atoms with Crippen molar-refractivity contribution in [3.05, 3.63) is 0 Å². The highest BCUT2D eigenvalue weighted by molar-refractivity contribution is 5.80. The molecule has 2 atom stereocenters. The predicted octanol–water partition coefficient (Wildman–Crippen LogP) is -0.600. The summed E-state index contributed by atoms with van der Waals surface area (Å²) in [5.41, 5.74) is 5.37. The van der Waals surface area contributed by atoms with Gasteiger partial charge in [0.1, 0.15) is 0 Å². The summed E-state index contributed by atoms with van der Waals surface area (Å²) < 4.78 is 0. The molecular weight excluding hydrogens is 154 g/mol. The molecule has 4 heteroatoms. The highest BCUT2D eigenvalue weighted by Gasteiger charge is 2.09. The molecule has 0 spiro atoms. The summed E-state index contributed by atoms with van der Waals surface area (Å²) in [7, 11) is 3.95. The minimum atomic E-state index is -0.417. The number of nitrogens with two attached hydrogens (primary N) is 1. The number of carbonyl (C=O) groups excluding carboxylic acids is 1. The van der Waals surface area contributed by atoms with E-state index in [1.807, 2.05) is 25.9 Å². The Morgan fingerprint density at radius 3 is 2.33 bits per heavy atom. The number of nitrogens with one attached hydrogen (secondary N) is 1. The number of hydrogen-bond acceptors (Lipinski definition) is 3. The SMILES string of the molecule is CC(CNC(=O)[C@H](C)N)N(C)C. The van der Waals surface area contributed by atoms with Crippen LogP contribution in [0.25, 0.3) is 0 Å². The maximum atomic E-state index is 11.0. The van der Waals surface area contributed by atoms with Crippen molar-refractivity contribution in [1.82, 2.24) is 10.2 Å². The zero-order chi connectivity index (χ0) is 9.72. The molecule has 0 fully saturated rings. The molecule has 72 valence electrons. The lowest BCUT2D eigenvalue weighted by Crippen LogP contribution is -2.44. The molecule has 0 saturated heterocycles. The molecule has 0 aromatic rings. The molecule has 0 aromatic carbocycles. The van der Waals surface area contributed by atoms with Crippen LogP contribution in [0.5, 0.6) is 0 Å². The fourth-order valence-corrected chi connectivity index (χ4v) is 0.592. The van der Waals surface area contributed by atoms with Crippen LogP contribution in [-0.2, 0) is 4.79 Å². The molecule has 0 aliphatic carbocycles. The molecule has 0 rings (SSSR count). The third-order valence-corrected chi connectivity index (χ3v) is 1.87. The zero-order valence-electron chi connectivity index (χ0n) is 8.29.